The van der Waals surface area contributed by atoms with Gasteiger partial charge >= 0.3 is 0 Å². The SMILES string of the molecule is COc1c(-c2cccc3ccccc23)[c]nc2ccccc12. The van der Waals surface area contributed by atoms with Crippen molar-refractivity contribution in [1.29, 1.82) is 0 Å². The third-order valence-corrected chi connectivity index (χ3v) is 3.93. The van der Waals surface area contributed by atoms with Crippen LogP contribution in [0.1, 0.15) is 0 Å². The van der Waals surface area contributed by atoms with Gasteiger partial charge in [0, 0.05) is 5.39 Å². The number of pyridine rings is 1. The summed E-state index contributed by atoms with van der Waals surface area (Å²) in [5.74, 6) is 0.821. The smallest absolute Gasteiger partial charge is 0.138 e. The molecule has 1 heterocycles. The predicted octanol–water partition coefficient (Wildman–Crippen LogP) is 4.86. The molecule has 1 radical (unpaired) electrons. The summed E-state index contributed by atoms with van der Waals surface area (Å²) in [5.41, 5.74) is 2.88. The maximum absolute atomic E-state index is 5.69. The molecule has 1 aromatic heterocycles. The molecule has 0 amide bonds. The van der Waals surface area contributed by atoms with Crippen LogP contribution in [0, 0.1) is 6.20 Å². The van der Waals surface area contributed by atoms with Crippen molar-refractivity contribution in [2.75, 3.05) is 7.11 Å². The van der Waals surface area contributed by atoms with Gasteiger partial charge in [0.1, 0.15) is 11.9 Å². The average Bonchev–Trinajstić information content (AvgIpc) is 2.60. The maximum atomic E-state index is 5.69. The molecule has 4 aromatic rings. The molecule has 0 bridgehead atoms. The van der Waals surface area contributed by atoms with E-state index in [2.05, 4.69) is 41.5 Å². The van der Waals surface area contributed by atoms with E-state index in [0.717, 1.165) is 27.8 Å². The minimum absolute atomic E-state index is 0.821. The van der Waals surface area contributed by atoms with Gasteiger partial charge in [-0.15, -0.1) is 0 Å². The highest BCUT2D eigenvalue weighted by Gasteiger charge is 2.13. The third kappa shape index (κ3) is 1.92. The Bertz CT molecular complexity index is 970. The molecule has 0 N–H and O–H groups in total. The van der Waals surface area contributed by atoms with Crippen LogP contribution in [0.5, 0.6) is 5.75 Å². The van der Waals surface area contributed by atoms with E-state index >= 15 is 0 Å². The lowest BCUT2D eigenvalue weighted by atomic mass is 9.97. The number of fused-ring (bicyclic) bond motifs is 2. The van der Waals surface area contributed by atoms with Gasteiger partial charge in [-0.3, -0.25) is 0 Å². The fraction of sp³-hybridized carbons (Fsp3) is 0.0500. The molecule has 2 nitrogen and oxygen atoms in total. The fourth-order valence-electron chi connectivity index (χ4n) is 2.90. The Hall–Kier alpha value is -2.87. The largest absolute Gasteiger partial charge is 0.495 e. The minimum atomic E-state index is 0.821. The Labute approximate surface area is 129 Å². The minimum Gasteiger partial charge on any atom is -0.495 e. The van der Waals surface area contributed by atoms with Gasteiger partial charge < -0.3 is 4.74 Å². The topological polar surface area (TPSA) is 22.1 Å². The molecule has 0 aliphatic carbocycles. The van der Waals surface area contributed by atoms with E-state index < -0.39 is 0 Å². The summed E-state index contributed by atoms with van der Waals surface area (Å²) in [6, 6.07) is 22.6. The zero-order valence-electron chi connectivity index (χ0n) is 12.2. The molecule has 2 heteroatoms. The first-order valence-electron chi connectivity index (χ1n) is 7.21. The van der Waals surface area contributed by atoms with Gasteiger partial charge in [0.2, 0.25) is 0 Å². The van der Waals surface area contributed by atoms with E-state index in [1.54, 1.807) is 7.11 Å². The highest BCUT2D eigenvalue weighted by molar-refractivity contribution is 6.01. The average molecular weight is 284 g/mol. The highest BCUT2D eigenvalue weighted by Crippen LogP contribution is 2.38. The van der Waals surface area contributed by atoms with Gasteiger partial charge in [-0.25, -0.2) is 4.98 Å². The van der Waals surface area contributed by atoms with Crippen LogP contribution in [0.4, 0.5) is 0 Å². The lowest BCUT2D eigenvalue weighted by Gasteiger charge is -2.12. The Kier molecular flexibility index (Phi) is 3.01. The van der Waals surface area contributed by atoms with Gasteiger partial charge in [0.25, 0.3) is 0 Å². The molecular weight excluding hydrogens is 270 g/mol. The molecule has 0 spiro atoms. The summed E-state index contributed by atoms with van der Waals surface area (Å²) in [4.78, 5) is 4.47. The molecule has 3 aromatic carbocycles. The molecule has 0 fully saturated rings. The van der Waals surface area contributed by atoms with Crippen molar-refractivity contribution < 1.29 is 4.74 Å². The first kappa shape index (κ1) is 12.8. The van der Waals surface area contributed by atoms with Crippen LogP contribution in [0.15, 0.2) is 66.7 Å². The van der Waals surface area contributed by atoms with Gasteiger partial charge in [-0.05, 0) is 28.5 Å². The lowest BCUT2D eigenvalue weighted by Crippen LogP contribution is -1.93. The number of aromatic nitrogens is 1. The fourth-order valence-corrected chi connectivity index (χ4v) is 2.90. The number of benzene rings is 3. The summed E-state index contributed by atoms with van der Waals surface area (Å²) >= 11 is 0. The summed E-state index contributed by atoms with van der Waals surface area (Å²) in [6.45, 7) is 0. The van der Waals surface area contributed by atoms with Crippen LogP contribution in [0.3, 0.4) is 0 Å². The number of ether oxygens (including phenoxy) is 1. The molecule has 22 heavy (non-hydrogen) atoms. The van der Waals surface area contributed by atoms with Crippen molar-refractivity contribution in [2.45, 2.75) is 0 Å². The van der Waals surface area contributed by atoms with Gasteiger partial charge in [0.15, 0.2) is 0 Å². The second-order valence-corrected chi connectivity index (χ2v) is 5.18. The molecule has 0 unspecified atom stereocenters. The second-order valence-electron chi connectivity index (χ2n) is 5.18. The van der Waals surface area contributed by atoms with E-state index in [-0.39, 0.29) is 0 Å². The van der Waals surface area contributed by atoms with Crippen LogP contribution in [-0.2, 0) is 0 Å². The summed E-state index contributed by atoms with van der Waals surface area (Å²) < 4.78 is 5.69. The zero-order valence-corrected chi connectivity index (χ0v) is 12.2. The van der Waals surface area contributed by atoms with Crippen LogP contribution in [0.2, 0.25) is 0 Å². The van der Waals surface area contributed by atoms with E-state index in [4.69, 9.17) is 4.74 Å². The summed E-state index contributed by atoms with van der Waals surface area (Å²) in [7, 11) is 1.70. The van der Waals surface area contributed by atoms with Gasteiger partial charge in [0.05, 0.1) is 18.2 Å². The highest BCUT2D eigenvalue weighted by atomic mass is 16.5. The number of rotatable bonds is 2. The normalized spacial score (nSPS) is 11.0. The predicted molar refractivity (Wildman–Crippen MR) is 90.1 cm³/mol. The van der Waals surface area contributed by atoms with Crippen molar-refractivity contribution >= 4 is 21.7 Å². The van der Waals surface area contributed by atoms with Crippen LogP contribution >= 0.6 is 0 Å². The molecule has 0 atom stereocenters. The van der Waals surface area contributed by atoms with E-state index in [1.807, 2.05) is 36.4 Å². The van der Waals surface area contributed by atoms with Crippen molar-refractivity contribution in [3.05, 3.63) is 72.9 Å². The maximum Gasteiger partial charge on any atom is 0.138 e. The molecule has 4 rings (SSSR count). The number of methoxy groups -OCH3 is 1. The van der Waals surface area contributed by atoms with Crippen LogP contribution < -0.4 is 4.74 Å². The molecule has 0 aliphatic heterocycles. The number of hydrogen-bond donors (Lipinski definition) is 0. The molecule has 0 saturated carbocycles. The summed E-state index contributed by atoms with van der Waals surface area (Å²) in [6.07, 6.45) is 3.16. The van der Waals surface area contributed by atoms with Crippen LogP contribution in [0.25, 0.3) is 32.8 Å². The zero-order chi connectivity index (χ0) is 14.9. The van der Waals surface area contributed by atoms with Crippen molar-refractivity contribution in [3.8, 4) is 16.9 Å². The van der Waals surface area contributed by atoms with Gasteiger partial charge in [-0.2, -0.15) is 0 Å². The Balaban J connectivity index is 2.08. The molecule has 105 valence electrons. The third-order valence-electron chi connectivity index (χ3n) is 3.93. The van der Waals surface area contributed by atoms with Gasteiger partial charge in [-0.1, -0.05) is 54.6 Å². The van der Waals surface area contributed by atoms with Crippen LogP contribution in [-0.4, -0.2) is 12.1 Å². The molecular formula is C20H14NO. The first-order valence-corrected chi connectivity index (χ1v) is 7.21. The van der Waals surface area contributed by atoms with Crippen molar-refractivity contribution in [3.63, 3.8) is 0 Å². The number of nitrogens with zero attached hydrogens (tertiary/aromatic N) is 1. The van der Waals surface area contributed by atoms with E-state index in [0.29, 0.717) is 0 Å². The molecule has 0 saturated heterocycles. The van der Waals surface area contributed by atoms with E-state index in [1.165, 1.54) is 10.8 Å². The molecule has 0 aliphatic rings. The van der Waals surface area contributed by atoms with Crippen molar-refractivity contribution in [1.82, 2.24) is 4.98 Å². The summed E-state index contributed by atoms with van der Waals surface area (Å²) in [5, 5.41) is 3.38. The standard InChI is InChI=1S/C20H14NO/c1-22-20-17-10-4-5-12-19(17)21-13-18(20)16-11-6-8-14-7-2-3-9-15(14)16/h2-12H,1H3. The quantitative estimate of drug-likeness (QED) is 0.524. The Morgan fingerprint density at radius 2 is 1.55 bits per heavy atom. The first-order chi connectivity index (χ1) is 10.9. The number of para-hydroxylation sites is 1. The van der Waals surface area contributed by atoms with E-state index in [9.17, 15) is 0 Å². The second kappa shape index (κ2) is 5.15. The van der Waals surface area contributed by atoms with Crippen molar-refractivity contribution in [2.24, 2.45) is 0 Å². The lowest BCUT2D eigenvalue weighted by molar-refractivity contribution is 0.421. The monoisotopic (exact) mass is 284 g/mol. The number of hydrogen-bond acceptors (Lipinski definition) is 2. The Morgan fingerprint density at radius 3 is 2.41 bits per heavy atom. The Morgan fingerprint density at radius 1 is 0.818 bits per heavy atom.